The van der Waals surface area contributed by atoms with Gasteiger partial charge in [-0.25, -0.2) is 8.42 Å². The normalized spacial score (nSPS) is 18.0. The van der Waals surface area contributed by atoms with Gasteiger partial charge in [-0.2, -0.15) is 0 Å². The number of benzene rings is 2. The van der Waals surface area contributed by atoms with E-state index in [0.29, 0.717) is 41.8 Å². The number of hydrogen-bond donors (Lipinski definition) is 0. The SMILES string of the molecule is CC(C)COc1ccc(C(=O)N(Cc2ccc(Cl)cc2)[C@H]2CCS(=O)(=O)C2)cc1. The predicted octanol–water partition coefficient (Wildman–Crippen LogP) is 4.20. The number of amides is 1. The predicted molar refractivity (Wildman–Crippen MR) is 115 cm³/mol. The van der Waals surface area contributed by atoms with E-state index in [1.165, 1.54) is 0 Å². The number of ether oxygens (including phenoxy) is 1. The minimum atomic E-state index is -3.11. The van der Waals surface area contributed by atoms with Gasteiger partial charge in [-0.1, -0.05) is 37.6 Å². The molecule has 1 aliphatic rings. The molecular formula is C22H26ClNO4S. The summed E-state index contributed by atoms with van der Waals surface area (Å²) < 4.78 is 29.7. The molecule has 1 heterocycles. The van der Waals surface area contributed by atoms with Crippen LogP contribution in [0.25, 0.3) is 0 Å². The molecule has 1 aliphatic heterocycles. The fraction of sp³-hybridized carbons (Fsp3) is 0.409. The molecule has 29 heavy (non-hydrogen) atoms. The zero-order valence-corrected chi connectivity index (χ0v) is 18.2. The van der Waals surface area contributed by atoms with Crippen LogP contribution in [0.15, 0.2) is 48.5 Å². The van der Waals surface area contributed by atoms with Crippen LogP contribution in [0.2, 0.25) is 5.02 Å². The Kier molecular flexibility index (Phi) is 6.85. The molecule has 5 nitrogen and oxygen atoms in total. The third-order valence-electron chi connectivity index (χ3n) is 4.86. The molecule has 0 saturated carbocycles. The van der Waals surface area contributed by atoms with E-state index in [-0.39, 0.29) is 23.5 Å². The fourth-order valence-corrected chi connectivity index (χ4v) is 5.15. The van der Waals surface area contributed by atoms with Crippen molar-refractivity contribution in [3.8, 4) is 5.75 Å². The number of carbonyl (C=O) groups is 1. The van der Waals surface area contributed by atoms with Gasteiger partial charge in [0.05, 0.1) is 18.1 Å². The van der Waals surface area contributed by atoms with Crippen LogP contribution in [0.3, 0.4) is 0 Å². The molecule has 0 aromatic heterocycles. The van der Waals surface area contributed by atoms with Crippen molar-refractivity contribution in [3.05, 3.63) is 64.7 Å². The maximum Gasteiger partial charge on any atom is 0.254 e. The summed E-state index contributed by atoms with van der Waals surface area (Å²) in [7, 11) is -3.11. The number of carbonyl (C=O) groups excluding carboxylic acids is 1. The number of rotatable bonds is 7. The minimum Gasteiger partial charge on any atom is -0.493 e. The van der Waals surface area contributed by atoms with Crippen molar-refractivity contribution in [3.63, 3.8) is 0 Å². The lowest BCUT2D eigenvalue weighted by Gasteiger charge is -2.28. The van der Waals surface area contributed by atoms with E-state index in [0.717, 1.165) is 5.56 Å². The zero-order valence-electron chi connectivity index (χ0n) is 16.7. The highest BCUT2D eigenvalue weighted by atomic mass is 35.5. The minimum absolute atomic E-state index is 0.00190. The van der Waals surface area contributed by atoms with Crippen LogP contribution in [0.5, 0.6) is 5.75 Å². The topological polar surface area (TPSA) is 63.7 Å². The van der Waals surface area contributed by atoms with Crippen molar-refractivity contribution in [2.24, 2.45) is 5.92 Å². The lowest BCUT2D eigenvalue weighted by atomic mass is 10.1. The number of hydrogen-bond acceptors (Lipinski definition) is 4. The van der Waals surface area contributed by atoms with Crippen molar-refractivity contribution in [1.82, 2.24) is 4.90 Å². The first-order chi connectivity index (χ1) is 13.7. The summed E-state index contributed by atoms with van der Waals surface area (Å²) >= 11 is 5.96. The lowest BCUT2D eigenvalue weighted by Crippen LogP contribution is -2.40. The van der Waals surface area contributed by atoms with Crippen molar-refractivity contribution in [2.45, 2.75) is 32.9 Å². The van der Waals surface area contributed by atoms with E-state index in [1.54, 1.807) is 41.3 Å². The summed E-state index contributed by atoms with van der Waals surface area (Å²) in [4.78, 5) is 14.9. The lowest BCUT2D eigenvalue weighted by molar-refractivity contribution is 0.0681. The van der Waals surface area contributed by atoms with Gasteiger partial charge < -0.3 is 9.64 Å². The Bertz CT molecular complexity index is 940. The summed E-state index contributed by atoms with van der Waals surface area (Å²) in [5.74, 6) is 1.06. The zero-order chi connectivity index (χ0) is 21.0. The van der Waals surface area contributed by atoms with E-state index in [2.05, 4.69) is 13.8 Å². The molecule has 0 spiro atoms. The van der Waals surface area contributed by atoms with Crippen LogP contribution in [0.1, 0.15) is 36.2 Å². The average Bonchev–Trinajstić information content (AvgIpc) is 3.05. The average molecular weight is 436 g/mol. The molecule has 1 atom stereocenters. The van der Waals surface area contributed by atoms with Gasteiger partial charge in [-0.05, 0) is 54.3 Å². The van der Waals surface area contributed by atoms with E-state index < -0.39 is 9.84 Å². The largest absolute Gasteiger partial charge is 0.493 e. The van der Waals surface area contributed by atoms with Gasteiger partial charge in [0.15, 0.2) is 9.84 Å². The van der Waals surface area contributed by atoms with E-state index >= 15 is 0 Å². The van der Waals surface area contributed by atoms with Gasteiger partial charge in [0.25, 0.3) is 5.91 Å². The van der Waals surface area contributed by atoms with Gasteiger partial charge in [-0.15, -0.1) is 0 Å². The fourth-order valence-electron chi connectivity index (χ4n) is 3.30. The second kappa shape index (κ2) is 9.18. The highest BCUT2D eigenvalue weighted by molar-refractivity contribution is 7.91. The molecule has 2 aromatic carbocycles. The van der Waals surface area contributed by atoms with Crippen LogP contribution in [-0.2, 0) is 16.4 Å². The Morgan fingerprint density at radius 3 is 2.34 bits per heavy atom. The molecule has 7 heteroatoms. The molecule has 1 saturated heterocycles. The van der Waals surface area contributed by atoms with Crippen LogP contribution in [0.4, 0.5) is 0 Å². The molecule has 156 valence electrons. The Morgan fingerprint density at radius 2 is 1.79 bits per heavy atom. The van der Waals surface area contributed by atoms with Crippen molar-refractivity contribution in [2.75, 3.05) is 18.1 Å². The highest BCUT2D eigenvalue weighted by Gasteiger charge is 2.35. The number of nitrogens with zero attached hydrogens (tertiary/aromatic N) is 1. The summed E-state index contributed by atoms with van der Waals surface area (Å²) in [5, 5.41) is 0.618. The molecule has 0 bridgehead atoms. The molecule has 2 aromatic rings. The summed E-state index contributed by atoms with van der Waals surface area (Å²) in [6.07, 6.45) is 0.456. The molecule has 0 N–H and O–H groups in total. The van der Waals surface area contributed by atoms with Gasteiger partial charge in [-0.3, -0.25) is 4.79 Å². The van der Waals surface area contributed by atoms with Gasteiger partial charge in [0.1, 0.15) is 5.75 Å². The van der Waals surface area contributed by atoms with Gasteiger partial charge in [0.2, 0.25) is 0 Å². The van der Waals surface area contributed by atoms with Gasteiger partial charge in [0, 0.05) is 23.2 Å². The highest BCUT2D eigenvalue weighted by Crippen LogP contribution is 2.24. The first-order valence-electron chi connectivity index (χ1n) is 9.72. The third kappa shape index (κ3) is 5.97. The first-order valence-corrected chi connectivity index (χ1v) is 11.9. The summed E-state index contributed by atoms with van der Waals surface area (Å²) in [5.41, 5.74) is 1.42. The van der Waals surface area contributed by atoms with E-state index in [4.69, 9.17) is 16.3 Å². The van der Waals surface area contributed by atoms with E-state index in [1.807, 2.05) is 12.1 Å². The summed E-state index contributed by atoms with van der Waals surface area (Å²) in [6, 6.07) is 13.9. The van der Waals surface area contributed by atoms with Crippen LogP contribution >= 0.6 is 11.6 Å². The first kappa shape index (κ1) is 21.7. The monoisotopic (exact) mass is 435 g/mol. The standard InChI is InChI=1S/C22H26ClNO4S/c1-16(2)14-28-21-9-5-18(6-10-21)22(25)24(20-11-12-29(26,27)15-20)13-17-3-7-19(23)8-4-17/h3-10,16,20H,11-15H2,1-2H3/t20-/m0/s1. The molecule has 1 amide bonds. The Labute approximate surface area is 177 Å². The molecule has 1 fully saturated rings. The molecule has 3 rings (SSSR count). The molecule has 0 radical (unpaired) electrons. The summed E-state index contributed by atoms with van der Waals surface area (Å²) in [6.45, 7) is 5.09. The number of halogens is 1. The number of sulfone groups is 1. The second-order valence-electron chi connectivity index (χ2n) is 7.85. The maximum atomic E-state index is 13.3. The van der Waals surface area contributed by atoms with E-state index in [9.17, 15) is 13.2 Å². The van der Waals surface area contributed by atoms with Crippen molar-refractivity contribution < 1.29 is 17.9 Å². The Hall–Kier alpha value is -2.05. The second-order valence-corrected chi connectivity index (χ2v) is 10.5. The van der Waals surface area contributed by atoms with Gasteiger partial charge >= 0.3 is 0 Å². The third-order valence-corrected chi connectivity index (χ3v) is 6.86. The van der Waals surface area contributed by atoms with Crippen molar-refractivity contribution in [1.29, 1.82) is 0 Å². The Morgan fingerprint density at radius 1 is 1.14 bits per heavy atom. The molecule has 0 aliphatic carbocycles. The Balaban J connectivity index is 1.80. The van der Waals surface area contributed by atoms with Crippen molar-refractivity contribution >= 4 is 27.3 Å². The molecular weight excluding hydrogens is 410 g/mol. The quantitative estimate of drug-likeness (QED) is 0.653. The smallest absolute Gasteiger partial charge is 0.254 e. The van der Waals surface area contributed by atoms with Crippen LogP contribution in [-0.4, -0.2) is 43.4 Å². The van der Waals surface area contributed by atoms with Crippen LogP contribution < -0.4 is 4.74 Å². The van der Waals surface area contributed by atoms with Crippen LogP contribution in [0, 0.1) is 5.92 Å². The maximum absolute atomic E-state index is 13.3. The molecule has 0 unspecified atom stereocenters.